The van der Waals surface area contributed by atoms with E-state index in [1.807, 2.05) is 6.07 Å². The molecule has 1 heterocycles. The van der Waals surface area contributed by atoms with E-state index in [1.165, 1.54) is 24.3 Å². The largest absolute Gasteiger partial charge is 0.333 e. The van der Waals surface area contributed by atoms with Crippen molar-refractivity contribution in [1.82, 2.24) is 25.9 Å². The molecule has 0 aliphatic heterocycles. The Hall–Kier alpha value is -3.34. The number of rotatable bonds is 3. The molecule has 3 N–H and O–H groups in total. The summed E-state index contributed by atoms with van der Waals surface area (Å²) in [7, 11) is 1.78. The van der Waals surface area contributed by atoms with Gasteiger partial charge in [-0.1, -0.05) is 0 Å². The fourth-order valence-corrected chi connectivity index (χ4v) is 1.67. The van der Waals surface area contributed by atoms with Crippen LogP contribution >= 0.6 is 0 Å². The van der Waals surface area contributed by atoms with Gasteiger partial charge >= 0.3 is 6.03 Å². The van der Waals surface area contributed by atoms with Crippen LogP contribution in [-0.4, -0.2) is 21.7 Å². The van der Waals surface area contributed by atoms with Gasteiger partial charge in [-0.2, -0.15) is 10.4 Å². The smallest absolute Gasteiger partial charge is 0.333 e. The SMILES string of the molecule is Cn1cc(CNC(=O)NNC(=O)c2ccc(C#N)cc2)cn1. The summed E-state index contributed by atoms with van der Waals surface area (Å²) in [4.78, 5) is 23.3. The van der Waals surface area contributed by atoms with Crippen LogP contribution in [0.2, 0.25) is 0 Å². The second-order valence-corrected chi connectivity index (χ2v) is 4.47. The van der Waals surface area contributed by atoms with Gasteiger partial charge in [0.2, 0.25) is 0 Å². The third-order valence-corrected chi connectivity index (χ3v) is 2.78. The van der Waals surface area contributed by atoms with Crippen LogP contribution in [0.15, 0.2) is 36.7 Å². The zero-order chi connectivity index (χ0) is 15.9. The van der Waals surface area contributed by atoms with Crippen LogP contribution < -0.4 is 16.2 Å². The highest BCUT2D eigenvalue weighted by Crippen LogP contribution is 2.02. The molecule has 8 nitrogen and oxygen atoms in total. The van der Waals surface area contributed by atoms with Crippen LogP contribution in [0.3, 0.4) is 0 Å². The van der Waals surface area contributed by atoms with Gasteiger partial charge < -0.3 is 5.32 Å². The molecule has 8 heteroatoms. The molecule has 1 aromatic heterocycles. The summed E-state index contributed by atoms with van der Waals surface area (Å²) in [5.74, 6) is -0.471. The molecule has 1 aromatic carbocycles. The van der Waals surface area contributed by atoms with Gasteiger partial charge in [-0.25, -0.2) is 10.2 Å². The van der Waals surface area contributed by atoms with E-state index in [0.717, 1.165) is 5.56 Å². The zero-order valence-corrected chi connectivity index (χ0v) is 11.8. The first kappa shape index (κ1) is 15.1. The van der Waals surface area contributed by atoms with E-state index in [1.54, 1.807) is 24.1 Å². The Bertz CT molecular complexity index is 714. The van der Waals surface area contributed by atoms with Gasteiger partial charge in [0.05, 0.1) is 17.8 Å². The van der Waals surface area contributed by atoms with Crippen molar-refractivity contribution in [2.45, 2.75) is 6.54 Å². The maximum Gasteiger partial charge on any atom is 0.333 e. The van der Waals surface area contributed by atoms with Crippen LogP contribution in [0.25, 0.3) is 0 Å². The quantitative estimate of drug-likeness (QED) is 0.713. The van der Waals surface area contributed by atoms with Crippen LogP contribution in [0.1, 0.15) is 21.5 Å². The number of hydrogen-bond acceptors (Lipinski definition) is 4. The molecule has 3 amide bonds. The number of benzene rings is 1. The highest BCUT2D eigenvalue weighted by Gasteiger charge is 2.07. The molecule has 2 rings (SSSR count). The summed E-state index contributed by atoms with van der Waals surface area (Å²) in [6, 6.07) is 7.48. The number of hydrazine groups is 1. The van der Waals surface area contributed by atoms with Gasteiger partial charge in [0.15, 0.2) is 0 Å². The number of carbonyl (C=O) groups is 2. The second-order valence-electron chi connectivity index (χ2n) is 4.47. The fraction of sp³-hybridized carbons (Fsp3) is 0.143. The lowest BCUT2D eigenvalue weighted by Gasteiger charge is -2.08. The molecule has 112 valence electrons. The van der Waals surface area contributed by atoms with Crippen molar-refractivity contribution in [3.8, 4) is 6.07 Å². The minimum Gasteiger partial charge on any atom is -0.333 e. The van der Waals surface area contributed by atoms with Crippen LogP contribution in [0.4, 0.5) is 4.79 Å². The Balaban J connectivity index is 1.77. The molecule has 0 saturated heterocycles. The minimum atomic E-state index is -0.536. The number of nitriles is 1. The van der Waals surface area contributed by atoms with Crippen LogP contribution in [-0.2, 0) is 13.6 Å². The van der Waals surface area contributed by atoms with E-state index >= 15 is 0 Å². The number of urea groups is 1. The molecule has 0 unspecified atom stereocenters. The standard InChI is InChI=1S/C14H14N6O2/c1-20-9-11(8-17-20)7-16-14(22)19-18-13(21)12-4-2-10(6-15)3-5-12/h2-5,8-9H,7H2,1H3,(H,18,21)(H2,16,19,22). The lowest BCUT2D eigenvalue weighted by atomic mass is 10.1. The summed E-state index contributed by atoms with van der Waals surface area (Å²) in [6.07, 6.45) is 3.41. The van der Waals surface area contributed by atoms with Gasteiger partial charge in [-0.3, -0.25) is 14.9 Å². The molecule has 0 atom stereocenters. The molecule has 0 spiro atoms. The maximum atomic E-state index is 11.8. The third kappa shape index (κ3) is 4.08. The topological polar surface area (TPSA) is 112 Å². The van der Waals surface area contributed by atoms with E-state index in [0.29, 0.717) is 17.7 Å². The van der Waals surface area contributed by atoms with Crippen molar-refractivity contribution in [1.29, 1.82) is 5.26 Å². The van der Waals surface area contributed by atoms with Gasteiger partial charge in [-0.15, -0.1) is 0 Å². The lowest BCUT2D eigenvalue weighted by Crippen LogP contribution is -2.46. The summed E-state index contributed by atoms with van der Waals surface area (Å²) in [5, 5.41) is 15.2. The van der Waals surface area contributed by atoms with Crippen molar-refractivity contribution in [3.05, 3.63) is 53.3 Å². The van der Waals surface area contributed by atoms with Crippen molar-refractivity contribution in [3.63, 3.8) is 0 Å². The van der Waals surface area contributed by atoms with Gasteiger partial charge in [0.25, 0.3) is 5.91 Å². The molecule has 0 aliphatic rings. The Morgan fingerprint density at radius 1 is 1.27 bits per heavy atom. The average Bonchev–Trinajstić information content (AvgIpc) is 2.96. The van der Waals surface area contributed by atoms with Gasteiger partial charge in [0, 0.05) is 30.9 Å². The number of carbonyl (C=O) groups excluding carboxylic acids is 2. The second kappa shape index (κ2) is 6.90. The Kier molecular flexibility index (Phi) is 4.72. The molecule has 0 radical (unpaired) electrons. The highest BCUT2D eigenvalue weighted by atomic mass is 16.2. The van der Waals surface area contributed by atoms with E-state index in [4.69, 9.17) is 5.26 Å². The lowest BCUT2D eigenvalue weighted by molar-refractivity contribution is 0.0936. The summed E-state index contributed by atoms with van der Waals surface area (Å²) in [5.41, 5.74) is 6.16. The predicted octanol–water partition coefficient (Wildman–Crippen LogP) is 0.436. The molecule has 0 fully saturated rings. The highest BCUT2D eigenvalue weighted by molar-refractivity contribution is 5.95. The van der Waals surface area contributed by atoms with Gasteiger partial charge in [0.1, 0.15) is 0 Å². The Labute approximate surface area is 126 Å². The van der Waals surface area contributed by atoms with E-state index in [-0.39, 0.29) is 0 Å². The Morgan fingerprint density at radius 3 is 2.59 bits per heavy atom. The third-order valence-electron chi connectivity index (χ3n) is 2.78. The fourth-order valence-electron chi connectivity index (χ4n) is 1.67. The molecule has 22 heavy (non-hydrogen) atoms. The minimum absolute atomic E-state index is 0.298. The first-order valence-electron chi connectivity index (χ1n) is 6.40. The molecule has 0 aliphatic carbocycles. The van der Waals surface area contributed by atoms with Crippen LogP contribution in [0, 0.1) is 11.3 Å². The number of aryl methyl sites for hydroxylation is 1. The number of nitrogens with one attached hydrogen (secondary N) is 3. The van der Waals surface area contributed by atoms with Crippen molar-refractivity contribution in [2.24, 2.45) is 7.05 Å². The molecular weight excluding hydrogens is 284 g/mol. The molecule has 0 bridgehead atoms. The molecule has 2 aromatic rings. The molecular formula is C14H14N6O2. The van der Waals surface area contributed by atoms with Crippen LogP contribution in [0.5, 0.6) is 0 Å². The van der Waals surface area contributed by atoms with Crippen molar-refractivity contribution in [2.75, 3.05) is 0 Å². The number of nitrogens with zero attached hydrogens (tertiary/aromatic N) is 3. The van der Waals surface area contributed by atoms with E-state index < -0.39 is 11.9 Å². The van der Waals surface area contributed by atoms with E-state index in [9.17, 15) is 9.59 Å². The summed E-state index contributed by atoms with van der Waals surface area (Å²) < 4.78 is 1.63. The normalized spacial score (nSPS) is 9.64. The van der Waals surface area contributed by atoms with Crippen molar-refractivity contribution < 1.29 is 9.59 Å². The van der Waals surface area contributed by atoms with Gasteiger partial charge in [-0.05, 0) is 24.3 Å². The van der Waals surface area contributed by atoms with E-state index in [2.05, 4.69) is 21.3 Å². The monoisotopic (exact) mass is 298 g/mol. The van der Waals surface area contributed by atoms with Crippen molar-refractivity contribution >= 4 is 11.9 Å². The first-order chi connectivity index (χ1) is 10.6. The summed E-state index contributed by atoms with van der Waals surface area (Å²) >= 11 is 0. The maximum absolute atomic E-state index is 11.8. The zero-order valence-electron chi connectivity index (χ0n) is 11.8. The summed E-state index contributed by atoms with van der Waals surface area (Å²) in [6.45, 7) is 0.298. The molecule has 0 saturated carbocycles. The number of amides is 3. The predicted molar refractivity (Wildman–Crippen MR) is 77.2 cm³/mol. The average molecular weight is 298 g/mol. The Morgan fingerprint density at radius 2 is 2.00 bits per heavy atom. The first-order valence-corrected chi connectivity index (χ1v) is 6.40. The number of aromatic nitrogens is 2. The number of hydrogen-bond donors (Lipinski definition) is 3.